The van der Waals surface area contributed by atoms with Gasteiger partial charge in [0, 0.05) is 31.4 Å². The molecule has 1 aliphatic heterocycles. The second-order valence-corrected chi connectivity index (χ2v) is 7.42. The molecule has 1 heterocycles. The lowest BCUT2D eigenvalue weighted by Gasteiger charge is -2.15. The lowest BCUT2D eigenvalue weighted by molar-refractivity contribution is -0.117. The monoisotopic (exact) mass is 354 g/mol. The highest BCUT2D eigenvalue weighted by molar-refractivity contribution is 7.88. The Morgan fingerprint density at radius 1 is 1.29 bits per heavy atom. The summed E-state index contributed by atoms with van der Waals surface area (Å²) < 4.78 is 23.6. The number of sulfonamides is 1. The Morgan fingerprint density at radius 2 is 1.92 bits per heavy atom. The molecule has 0 radical (unpaired) electrons. The van der Waals surface area contributed by atoms with Crippen LogP contribution in [-0.4, -0.2) is 63.5 Å². The fourth-order valence-electron chi connectivity index (χ4n) is 2.04. The highest BCUT2D eigenvalue weighted by Crippen LogP contribution is 2.17. The van der Waals surface area contributed by atoms with E-state index in [1.165, 1.54) is 24.1 Å². The van der Waals surface area contributed by atoms with Gasteiger partial charge in [0.2, 0.25) is 15.9 Å². The van der Waals surface area contributed by atoms with E-state index in [0.29, 0.717) is 11.3 Å². The zero-order valence-corrected chi connectivity index (χ0v) is 14.1. The number of rotatable bonds is 6. The summed E-state index contributed by atoms with van der Waals surface area (Å²) in [6.07, 6.45) is 1.09. The highest BCUT2D eigenvalue weighted by Gasteiger charge is 2.27. The maximum absolute atomic E-state index is 12.0. The van der Waals surface area contributed by atoms with Crippen molar-refractivity contribution in [2.45, 2.75) is 0 Å². The highest BCUT2D eigenvalue weighted by atomic mass is 32.2. The van der Waals surface area contributed by atoms with Gasteiger partial charge in [-0.15, -0.1) is 0 Å². The molecule has 1 fully saturated rings. The Morgan fingerprint density at radius 3 is 2.42 bits per heavy atom. The van der Waals surface area contributed by atoms with E-state index in [9.17, 15) is 22.8 Å². The summed E-state index contributed by atoms with van der Waals surface area (Å²) in [6.45, 7) is 0.286. The minimum Gasteiger partial charge on any atom is -0.351 e. The SMILES string of the molecule is CN(CCNC(=O)c1ccc(N2CC(=O)NC2=O)cc1)S(C)(=O)=O. The fourth-order valence-corrected chi connectivity index (χ4v) is 2.46. The Kier molecular flexibility index (Phi) is 5.20. The molecular formula is C14H18N4O5S. The quantitative estimate of drug-likeness (QED) is 0.660. The van der Waals surface area contributed by atoms with Crippen molar-refractivity contribution in [1.82, 2.24) is 14.9 Å². The molecule has 2 N–H and O–H groups in total. The van der Waals surface area contributed by atoms with Crippen LogP contribution in [0.2, 0.25) is 0 Å². The van der Waals surface area contributed by atoms with Crippen molar-refractivity contribution in [2.75, 3.05) is 37.8 Å². The first-order chi connectivity index (χ1) is 11.2. The minimum atomic E-state index is -3.28. The van der Waals surface area contributed by atoms with E-state index in [1.54, 1.807) is 12.1 Å². The van der Waals surface area contributed by atoms with Crippen LogP contribution in [0.25, 0.3) is 0 Å². The van der Waals surface area contributed by atoms with E-state index >= 15 is 0 Å². The zero-order chi connectivity index (χ0) is 17.9. The molecule has 9 nitrogen and oxygen atoms in total. The van der Waals surface area contributed by atoms with Gasteiger partial charge < -0.3 is 5.32 Å². The fraction of sp³-hybridized carbons (Fsp3) is 0.357. The van der Waals surface area contributed by atoms with Crippen LogP contribution in [-0.2, 0) is 14.8 Å². The van der Waals surface area contributed by atoms with Crippen molar-refractivity contribution in [2.24, 2.45) is 0 Å². The van der Waals surface area contributed by atoms with Crippen LogP contribution in [0.3, 0.4) is 0 Å². The van der Waals surface area contributed by atoms with Crippen LogP contribution < -0.4 is 15.5 Å². The lowest BCUT2D eigenvalue weighted by Crippen LogP contribution is -2.35. The van der Waals surface area contributed by atoms with Crippen molar-refractivity contribution in [3.8, 4) is 0 Å². The van der Waals surface area contributed by atoms with Gasteiger partial charge in [-0.1, -0.05) is 0 Å². The van der Waals surface area contributed by atoms with Gasteiger partial charge in [0.25, 0.3) is 5.91 Å². The van der Waals surface area contributed by atoms with Gasteiger partial charge in [0.1, 0.15) is 6.54 Å². The number of hydrogen-bond donors (Lipinski definition) is 2. The minimum absolute atomic E-state index is 0.0534. The van der Waals surface area contributed by atoms with Crippen molar-refractivity contribution in [1.29, 1.82) is 0 Å². The number of carbonyl (C=O) groups is 3. The van der Waals surface area contributed by atoms with Gasteiger partial charge in [0.15, 0.2) is 0 Å². The smallest absolute Gasteiger partial charge is 0.329 e. The number of nitrogens with zero attached hydrogens (tertiary/aromatic N) is 2. The molecule has 0 unspecified atom stereocenters. The summed E-state index contributed by atoms with van der Waals surface area (Å²) >= 11 is 0. The second kappa shape index (κ2) is 6.97. The average molecular weight is 354 g/mol. The number of nitrogens with one attached hydrogen (secondary N) is 2. The van der Waals surface area contributed by atoms with E-state index in [4.69, 9.17) is 0 Å². The molecule has 4 amide bonds. The molecule has 1 aromatic rings. The second-order valence-electron chi connectivity index (χ2n) is 5.33. The largest absolute Gasteiger partial charge is 0.351 e. The summed E-state index contributed by atoms with van der Waals surface area (Å²) in [5, 5.41) is 4.78. The molecule has 0 saturated carbocycles. The number of urea groups is 1. The van der Waals surface area contributed by atoms with Gasteiger partial charge >= 0.3 is 6.03 Å². The molecule has 1 saturated heterocycles. The molecule has 1 aromatic carbocycles. The number of benzene rings is 1. The molecule has 24 heavy (non-hydrogen) atoms. The van der Waals surface area contributed by atoms with Crippen LogP contribution in [0.15, 0.2) is 24.3 Å². The number of likely N-dealkylation sites (N-methyl/N-ethyl adjacent to an activating group) is 1. The molecule has 0 spiro atoms. The molecule has 0 atom stereocenters. The predicted octanol–water partition coefficient (Wildman–Crippen LogP) is -0.636. The molecule has 10 heteroatoms. The Bertz CT molecular complexity index is 760. The number of imide groups is 1. The molecule has 0 bridgehead atoms. The van der Waals surface area contributed by atoms with Gasteiger partial charge in [0.05, 0.1) is 6.26 Å². The molecule has 1 aliphatic rings. The zero-order valence-electron chi connectivity index (χ0n) is 13.3. The van der Waals surface area contributed by atoms with Crippen LogP contribution in [0.1, 0.15) is 10.4 Å². The van der Waals surface area contributed by atoms with Crippen LogP contribution in [0, 0.1) is 0 Å². The molecule has 130 valence electrons. The van der Waals surface area contributed by atoms with E-state index in [-0.39, 0.29) is 31.4 Å². The van der Waals surface area contributed by atoms with E-state index < -0.39 is 16.1 Å². The van der Waals surface area contributed by atoms with E-state index in [0.717, 1.165) is 10.6 Å². The maximum atomic E-state index is 12.0. The molecule has 0 aliphatic carbocycles. The number of anilines is 1. The number of carbonyl (C=O) groups excluding carboxylic acids is 3. The first-order valence-electron chi connectivity index (χ1n) is 7.09. The van der Waals surface area contributed by atoms with E-state index in [2.05, 4.69) is 10.6 Å². The van der Waals surface area contributed by atoms with Crippen molar-refractivity contribution in [3.05, 3.63) is 29.8 Å². The predicted molar refractivity (Wildman–Crippen MR) is 87.1 cm³/mol. The topological polar surface area (TPSA) is 116 Å². The number of hydrogen-bond acceptors (Lipinski definition) is 5. The Labute approximate surface area is 139 Å². The van der Waals surface area contributed by atoms with Crippen LogP contribution in [0.4, 0.5) is 10.5 Å². The van der Waals surface area contributed by atoms with Crippen molar-refractivity contribution < 1.29 is 22.8 Å². The molecular weight excluding hydrogens is 336 g/mol. The van der Waals surface area contributed by atoms with Gasteiger partial charge in [-0.25, -0.2) is 17.5 Å². The Hall–Kier alpha value is -2.46. The first kappa shape index (κ1) is 17.9. The van der Waals surface area contributed by atoms with Crippen molar-refractivity contribution in [3.63, 3.8) is 0 Å². The van der Waals surface area contributed by atoms with Crippen molar-refractivity contribution >= 4 is 33.6 Å². The third-order valence-electron chi connectivity index (χ3n) is 3.51. The summed E-state index contributed by atoms with van der Waals surface area (Å²) in [6, 6.07) is 5.69. The normalized spacial score (nSPS) is 14.9. The third-order valence-corrected chi connectivity index (χ3v) is 4.83. The first-order valence-corrected chi connectivity index (χ1v) is 8.94. The third kappa shape index (κ3) is 4.30. The van der Waals surface area contributed by atoms with Gasteiger partial charge in [-0.05, 0) is 24.3 Å². The standard InChI is InChI=1S/C14H18N4O5S/c1-17(24(2,22)23)8-7-15-13(20)10-3-5-11(6-4-10)18-9-12(19)16-14(18)21/h3-6H,7-9H2,1-2H3,(H,15,20)(H,16,19,21). The summed E-state index contributed by atoms with van der Waals surface area (Å²) in [5.41, 5.74) is 0.874. The van der Waals surface area contributed by atoms with Gasteiger partial charge in [-0.3, -0.25) is 19.8 Å². The number of amides is 4. The maximum Gasteiger partial charge on any atom is 0.329 e. The van der Waals surface area contributed by atoms with Crippen LogP contribution in [0.5, 0.6) is 0 Å². The summed E-state index contributed by atoms with van der Waals surface area (Å²) in [7, 11) is -1.85. The Balaban J connectivity index is 1.92. The summed E-state index contributed by atoms with van der Waals surface area (Å²) in [4.78, 5) is 36.0. The summed E-state index contributed by atoms with van der Waals surface area (Å²) in [5.74, 6) is -0.734. The average Bonchev–Trinajstić information content (AvgIpc) is 2.85. The van der Waals surface area contributed by atoms with Crippen LogP contribution >= 0.6 is 0 Å². The van der Waals surface area contributed by atoms with Gasteiger partial charge in [-0.2, -0.15) is 0 Å². The molecule has 2 rings (SSSR count). The van der Waals surface area contributed by atoms with E-state index in [1.807, 2.05) is 0 Å². The lowest BCUT2D eigenvalue weighted by atomic mass is 10.2. The molecule has 0 aromatic heterocycles.